The average Bonchev–Trinajstić information content (AvgIpc) is 3.02. The lowest BCUT2D eigenvalue weighted by Gasteiger charge is -2.20. The van der Waals surface area contributed by atoms with Gasteiger partial charge in [-0.3, -0.25) is 23.9 Å². The molecule has 1 aliphatic heterocycles. The van der Waals surface area contributed by atoms with Gasteiger partial charge in [0.15, 0.2) is 11.9 Å². The lowest BCUT2D eigenvalue weighted by Crippen LogP contribution is -2.48. The number of carbonyl (C=O) groups is 4. The maximum atomic E-state index is 13.5. The first kappa shape index (κ1) is 35.6. The molecule has 0 bridgehead atoms. The Morgan fingerprint density at radius 2 is 1.71 bits per heavy atom. The fourth-order valence-corrected chi connectivity index (χ4v) is 5.80. The third-order valence-electron chi connectivity index (χ3n) is 7.38. The molecular weight excluding hydrogens is 644 g/mol. The van der Waals surface area contributed by atoms with Crippen molar-refractivity contribution in [3.05, 3.63) is 70.6 Å². The topological polar surface area (TPSA) is 214 Å². The molecule has 5 N–H and O–H groups in total. The van der Waals surface area contributed by atoms with Crippen molar-refractivity contribution in [2.24, 2.45) is 4.99 Å². The Balaban J connectivity index is 1.69. The number of hydrogen-bond acceptors (Lipinski definition) is 10. The Hall–Kier alpha value is -5.28. The number of aryl methyl sites for hydroxylation is 2. The van der Waals surface area contributed by atoms with Gasteiger partial charge in [-0.2, -0.15) is 8.42 Å². The summed E-state index contributed by atoms with van der Waals surface area (Å²) >= 11 is 0. The molecule has 2 aliphatic rings. The van der Waals surface area contributed by atoms with E-state index in [1.54, 1.807) is 24.3 Å². The Morgan fingerprint density at radius 3 is 2.38 bits per heavy atom. The van der Waals surface area contributed by atoms with E-state index < -0.39 is 58.8 Å². The molecule has 0 aromatic heterocycles. The summed E-state index contributed by atoms with van der Waals surface area (Å²) in [5.41, 5.74) is 5.36. The molecule has 0 saturated heterocycles. The first-order valence-corrected chi connectivity index (χ1v) is 16.5. The smallest absolute Gasteiger partial charge is 0.339 e. The second kappa shape index (κ2) is 15.1. The van der Waals surface area contributed by atoms with Crippen molar-refractivity contribution >= 4 is 50.5 Å². The van der Waals surface area contributed by atoms with Crippen molar-refractivity contribution in [2.75, 3.05) is 38.1 Å². The number of aliphatic carboxylic acids is 1. The molecule has 1 atom stereocenters. The zero-order valence-electron chi connectivity index (χ0n) is 26.7. The number of fused-ring (bicyclic) bond motifs is 2. The average molecular weight is 681 g/mol. The van der Waals surface area contributed by atoms with E-state index in [1.165, 1.54) is 0 Å². The highest BCUT2D eigenvalue weighted by atomic mass is 32.2. The van der Waals surface area contributed by atoms with Crippen LogP contribution in [0.25, 0.3) is 33.4 Å². The summed E-state index contributed by atoms with van der Waals surface area (Å²) in [7, 11) is -5.02. The summed E-state index contributed by atoms with van der Waals surface area (Å²) in [5.74, 6) is -4.06. The van der Waals surface area contributed by atoms with E-state index in [0.717, 1.165) is 33.1 Å². The molecule has 0 spiro atoms. The summed E-state index contributed by atoms with van der Waals surface area (Å²) in [5, 5.41) is 15.3. The number of nitrogens with zero attached hydrogens (tertiary/aromatic N) is 1. The highest BCUT2D eigenvalue weighted by Crippen LogP contribution is 2.43. The number of esters is 1. The van der Waals surface area contributed by atoms with Crippen LogP contribution in [0.4, 0.5) is 5.69 Å². The summed E-state index contributed by atoms with van der Waals surface area (Å²) in [6.45, 7) is 6.44. The van der Waals surface area contributed by atoms with Gasteiger partial charge in [-0.15, -0.1) is 0 Å². The molecule has 1 heterocycles. The first-order valence-electron chi connectivity index (χ1n) is 15.0. The maximum absolute atomic E-state index is 13.5. The van der Waals surface area contributed by atoms with Gasteiger partial charge in [-0.05, 0) is 62.6 Å². The highest BCUT2D eigenvalue weighted by molar-refractivity contribution is 7.87. The second-order valence-corrected chi connectivity index (χ2v) is 12.4. The molecule has 0 fully saturated rings. The van der Waals surface area contributed by atoms with Crippen molar-refractivity contribution in [3.63, 3.8) is 0 Å². The van der Waals surface area contributed by atoms with Crippen molar-refractivity contribution in [3.8, 4) is 22.5 Å². The van der Waals surface area contributed by atoms with Gasteiger partial charge < -0.3 is 30.2 Å². The van der Waals surface area contributed by atoms with Gasteiger partial charge in [-0.1, -0.05) is 18.2 Å². The summed E-state index contributed by atoms with van der Waals surface area (Å²) in [6.07, 6.45) is 0. The molecule has 15 heteroatoms. The predicted octanol–water partition coefficient (Wildman–Crippen LogP) is 2.90. The number of carboxylic acids is 1. The van der Waals surface area contributed by atoms with Gasteiger partial charge in [0.1, 0.15) is 17.9 Å². The van der Waals surface area contributed by atoms with Gasteiger partial charge in [0.25, 0.3) is 16.0 Å². The normalized spacial score (nSPS) is 12.5. The van der Waals surface area contributed by atoms with Gasteiger partial charge >= 0.3 is 11.9 Å². The number of benzene rings is 3. The van der Waals surface area contributed by atoms with E-state index in [4.69, 9.17) is 14.3 Å². The predicted molar refractivity (Wildman–Crippen MR) is 177 cm³/mol. The van der Waals surface area contributed by atoms with E-state index in [1.807, 2.05) is 57.3 Å². The third kappa shape index (κ3) is 8.16. The van der Waals surface area contributed by atoms with Crippen LogP contribution in [-0.4, -0.2) is 79.9 Å². The number of carbonyl (C=O) groups excluding carboxylic acids is 3. The zero-order chi connectivity index (χ0) is 35.2. The Morgan fingerprint density at radius 1 is 0.979 bits per heavy atom. The van der Waals surface area contributed by atoms with Crippen LogP contribution in [-0.2, 0) is 29.2 Å². The number of anilines is 1. The van der Waals surface area contributed by atoms with Crippen LogP contribution in [0, 0.1) is 13.8 Å². The summed E-state index contributed by atoms with van der Waals surface area (Å²) in [4.78, 5) is 53.4. The molecule has 254 valence electrons. The third-order valence-corrected chi connectivity index (χ3v) is 8.48. The lowest BCUT2D eigenvalue weighted by molar-refractivity contribution is -0.138. The van der Waals surface area contributed by atoms with Crippen molar-refractivity contribution < 1.29 is 46.4 Å². The number of ether oxygens (including phenoxy) is 1. The molecule has 0 saturated carbocycles. The molecule has 1 aliphatic carbocycles. The van der Waals surface area contributed by atoms with E-state index in [2.05, 4.69) is 15.6 Å². The van der Waals surface area contributed by atoms with E-state index >= 15 is 0 Å². The Labute approximate surface area is 276 Å². The molecule has 1 unspecified atom stereocenters. The monoisotopic (exact) mass is 680 g/mol. The minimum atomic E-state index is -5.02. The molecule has 2 aromatic rings. The number of nitrogens with one attached hydrogen (secondary N) is 3. The SMILES string of the molecule is CCN=c1cc2oc3cc(NCC)c(C)cc3c(-c3ccccc3C(=O)OCC(=O)NCC(C(=O)NCC(=O)O)S(=O)(=O)O)c-2cc1C. The molecule has 14 nitrogen and oxygen atoms in total. The maximum Gasteiger partial charge on any atom is 0.339 e. The van der Waals surface area contributed by atoms with Crippen LogP contribution in [0.3, 0.4) is 0 Å². The minimum absolute atomic E-state index is 0.136. The lowest BCUT2D eigenvalue weighted by atomic mass is 9.89. The Kier molecular flexibility index (Phi) is 11.2. The fraction of sp³-hybridized carbons (Fsp3) is 0.303. The van der Waals surface area contributed by atoms with Gasteiger partial charge in [-0.25, -0.2) is 4.79 Å². The molecule has 2 aromatic carbocycles. The number of carboxylic acid groups (broad SMARTS) is 1. The van der Waals surface area contributed by atoms with Gasteiger partial charge in [0, 0.05) is 54.0 Å². The number of rotatable bonds is 13. The standard InChI is InChI=1S/C33H36N4O10S/c1-5-34-24-13-26-22(11-18(24)3)31(23-12-19(4)25(35-6-2)14-27(23)47-26)20-9-7-8-10-21(20)33(42)46-17-29(38)36-15-28(48(43,44)45)32(41)37-16-30(39)40/h7-14,28,34H,5-6,15-17H2,1-4H3,(H,36,38)(H,37,41)(H,39,40)(H,43,44,45). The highest BCUT2D eigenvalue weighted by Gasteiger charge is 2.32. The van der Waals surface area contributed by atoms with E-state index in [9.17, 15) is 32.1 Å². The van der Waals surface area contributed by atoms with Crippen LogP contribution in [0.2, 0.25) is 0 Å². The molecule has 2 amide bonds. The number of amides is 2. The van der Waals surface area contributed by atoms with Crippen LogP contribution in [0.5, 0.6) is 0 Å². The van der Waals surface area contributed by atoms with Crippen LogP contribution in [0.15, 0.2) is 57.9 Å². The molecule has 4 rings (SSSR count). The van der Waals surface area contributed by atoms with Crippen LogP contribution < -0.4 is 21.3 Å². The van der Waals surface area contributed by atoms with Crippen molar-refractivity contribution in [2.45, 2.75) is 32.9 Å². The van der Waals surface area contributed by atoms with Crippen molar-refractivity contribution in [1.29, 1.82) is 0 Å². The number of hydrogen-bond donors (Lipinski definition) is 5. The summed E-state index contributed by atoms with van der Waals surface area (Å²) < 4.78 is 44.5. The van der Waals surface area contributed by atoms with Crippen molar-refractivity contribution in [1.82, 2.24) is 10.6 Å². The van der Waals surface area contributed by atoms with Crippen LogP contribution >= 0.6 is 0 Å². The first-order chi connectivity index (χ1) is 22.7. The Bertz CT molecular complexity index is 2040. The molecule has 0 radical (unpaired) electrons. The largest absolute Gasteiger partial charge is 0.480 e. The zero-order valence-corrected chi connectivity index (χ0v) is 27.6. The quantitative estimate of drug-likeness (QED) is 0.0786. The van der Waals surface area contributed by atoms with E-state index in [0.29, 0.717) is 35.6 Å². The fourth-order valence-electron chi connectivity index (χ4n) is 5.16. The second-order valence-electron chi connectivity index (χ2n) is 10.8. The minimum Gasteiger partial charge on any atom is -0.480 e. The van der Waals surface area contributed by atoms with Crippen LogP contribution in [0.1, 0.15) is 35.3 Å². The molecular formula is C33H36N4O10S. The summed E-state index contributed by atoms with van der Waals surface area (Å²) in [6, 6.07) is 14.4. The van der Waals surface area contributed by atoms with Gasteiger partial charge in [0.2, 0.25) is 5.91 Å². The van der Waals surface area contributed by atoms with E-state index in [-0.39, 0.29) is 5.56 Å². The molecule has 48 heavy (non-hydrogen) atoms. The van der Waals surface area contributed by atoms with Gasteiger partial charge in [0.05, 0.1) is 10.9 Å².